The van der Waals surface area contributed by atoms with Crippen molar-refractivity contribution >= 4 is 23.6 Å². The molecule has 1 saturated carbocycles. The summed E-state index contributed by atoms with van der Waals surface area (Å²) in [5, 5.41) is 0. The highest BCUT2D eigenvalue weighted by atomic mass is 32.2. The predicted molar refractivity (Wildman–Crippen MR) is 92.2 cm³/mol. The predicted octanol–water partition coefficient (Wildman–Crippen LogP) is 2.86. The molecule has 2 saturated heterocycles. The summed E-state index contributed by atoms with van der Waals surface area (Å²) in [6.45, 7) is 2.07. The van der Waals surface area contributed by atoms with Crippen LogP contribution >= 0.6 is 11.8 Å². The second-order valence-electron chi connectivity index (χ2n) is 7.10. The van der Waals surface area contributed by atoms with Crippen LogP contribution in [0, 0.1) is 5.92 Å². The van der Waals surface area contributed by atoms with Crippen molar-refractivity contribution in [1.82, 2.24) is 9.80 Å². The van der Waals surface area contributed by atoms with E-state index in [1.165, 1.54) is 12.8 Å². The maximum atomic E-state index is 12.6. The summed E-state index contributed by atoms with van der Waals surface area (Å²) in [7, 11) is 0. The van der Waals surface area contributed by atoms with Gasteiger partial charge in [0.15, 0.2) is 0 Å². The highest BCUT2D eigenvalue weighted by Gasteiger charge is 2.48. The maximum Gasteiger partial charge on any atom is 0.234 e. The molecular weight excluding hydrogens is 324 g/mol. The summed E-state index contributed by atoms with van der Waals surface area (Å²) in [5.74, 6) is 2.14. The number of carbonyl (C=O) groups is 2. The third-order valence-electron chi connectivity index (χ3n) is 5.71. The first-order chi connectivity index (χ1) is 11.7. The van der Waals surface area contributed by atoms with E-state index >= 15 is 0 Å². The van der Waals surface area contributed by atoms with Crippen molar-refractivity contribution in [2.24, 2.45) is 5.92 Å². The topological polar surface area (TPSA) is 53.8 Å². The fourth-order valence-corrected chi connectivity index (χ4v) is 5.63. The van der Waals surface area contributed by atoms with Crippen LogP contribution in [-0.4, -0.2) is 45.3 Å². The van der Waals surface area contributed by atoms with Crippen LogP contribution < -0.4 is 0 Å². The van der Waals surface area contributed by atoms with Gasteiger partial charge in [0.2, 0.25) is 11.8 Å². The molecule has 3 fully saturated rings. The van der Waals surface area contributed by atoms with Crippen molar-refractivity contribution in [2.45, 2.75) is 49.9 Å². The Morgan fingerprint density at radius 2 is 2.04 bits per heavy atom. The fraction of sp³-hybridized carbons (Fsp3) is 0.667. The molecule has 2 amide bonds. The SMILES string of the molecule is O=C(C1CCCC1)N1CCC2(CC1)SCC(=O)N2Cc1ccco1. The molecule has 0 radical (unpaired) electrons. The van der Waals surface area contributed by atoms with Crippen LogP contribution in [0.5, 0.6) is 0 Å². The molecule has 1 aliphatic carbocycles. The van der Waals surface area contributed by atoms with Gasteiger partial charge >= 0.3 is 0 Å². The van der Waals surface area contributed by atoms with E-state index in [0.29, 0.717) is 18.2 Å². The van der Waals surface area contributed by atoms with Crippen LogP contribution in [0.25, 0.3) is 0 Å². The number of rotatable bonds is 3. The minimum atomic E-state index is -0.156. The van der Waals surface area contributed by atoms with Crippen molar-refractivity contribution in [1.29, 1.82) is 0 Å². The smallest absolute Gasteiger partial charge is 0.234 e. The first-order valence-corrected chi connectivity index (χ1v) is 9.92. The molecule has 0 atom stereocenters. The van der Waals surface area contributed by atoms with Crippen LogP contribution in [-0.2, 0) is 16.1 Å². The third kappa shape index (κ3) is 2.85. The summed E-state index contributed by atoms with van der Waals surface area (Å²) in [6.07, 6.45) is 7.87. The zero-order valence-corrected chi connectivity index (χ0v) is 14.7. The number of likely N-dealkylation sites (tertiary alicyclic amines) is 1. The van der Waals surface area contributed by atoms with Crippen LogP contribution in [0.1, 0.15) is 44.3 Å². The molecule has 1 spiro atoms. The van der Waals surface area contributed by atoms with Gasteiger partial charge in [-0.25, -0.2) is 0 Å². The summed E-state index contributed by atoms with van der Waals surface area (Å²) < 4.78 is 5.44. The molecule has 130 valence electrons. The molecule has 6 heteroatoms. The third-order valence-corrected chi connectivity index (χ3v) is 7.27. The number of hydrogen-bond acceptors (Lipinski definition) is 4. The molecule has 1 aromatic heterocycles. The molecule has 0 aromatic carbocycles. The Morgan fingerprint density at radius 3 is 2.71 bits per heavy atom. The Hall–Kier alpha value is -1.43. The molecule has 0 bridgehead atoms. The normalized spacial score (nSPS) is 24.2. The lowest BCUT2D eigenvalue weighted by atomic mass is 9.99. The van der Waals surface area contributed by atoms with Crippen LogP contribution in [0.3, 0.4) is 0 Å². The molecule has 4 rings (SSSR count). The molecule has 0 N–H and O–H groups in total. The molecule has 1 aromatic rings. The number of hydrogen-bond donors (Lipinski definition) is 0. The monoisotopic (exact) mass is 348 g/mol. The first-order valence-electron chi connectivity index (χ1n) is 8.94. The molecule has 2 aliphatic heterocycles. The average molecular weight is 348 g/mol. The van der Waals surface area contributed by atoms with E-state index in [1.807, 2.05) is 21.9 Å². The van der Waals surface area contributed by atoms with E-state index < -0.39 is 0 Å². The average Bonchev–Trinajstić information content (AvgIpc) is 3.34. The van der Waals surface area contributed by atoms with E-state index in [9.17, 15) is 9.59 Å². The van der Waals surface area contributed by atoms with E-state index in [4.69, 9.17) is 4.42 Å². The van der Waals surface area contributed by atoms with Crippen molar-refractivity contribution in [3.8, 4) is 0 Å². The lowest BCUT2D eigenvalue weighted by Crippen LogP contribution is -2.53. The van der Waals surface area contributed by atoms with Crippen LogP contribution in [0.15, 0.2) is 22.8 Å². The second kappa shape index (κ2) is 6.47. The van der Waals surface area contributed by atoms with Crippen molar-refractivity contribution < 1.29 is 14.0 Å². The van der Waals surface area contributed by atoms with E-state index in [0.717, 1.165) is 44.5 Å². The Balaban J connectivity index is 1.42. The van der Waals surface area contributed by atoms with Crippen molar-refractivity contribution in [2.75, 3.05) is 18.8 Å². The summed E-state index contributed by atoms with van der Waals surface area (Å²) in [4.78, 5) is 28.9. The van der Waals surface area contributed by atoms with Gasteiger partial charge in [0.1, 0.15) is 5.76 Å². The molecule has 24 heavy (non-hydrogen) atoms. The van der Waals surface area contributed by atoms with Gasteiger partial charge in [0.05, 0.1) is 23.4 Å². The number of thioether (sulfide) groups is 1. The highest BCUT2D eigenvalue weighted by Crippen LogP contribution is 2.45. The minimum Gasteiger partial charge on any atom is -0.467 e. The van der Waals surface area contributed by atoms with Gasteiger partial charge in [-0.2, -0.15) is 0 Å². The summed E-state index contributed by atoms with van der Waals surface area (Å²) in [6, 6.07) is 3.78. The number of amides is 2. The molecule has 0 unspecified atom stereocenters. The Kier molecular flexibility index (Phi) is 4.33. The quantitative estimate of drug-likeness (QED) is 0.843. The minimum absolute atomic E-state index is 0.156. The first kappa shape index (κ1) is 16.1. The fourth-order valence-electron chi connectivity index (χ4n) is 4.29. The van der Waals surface area contributed by atoms with Gasteiger partial charge in [-0.15, -0.1) is 11.8 Å². The number of furan rings is 1. The zero-order valence-electron chi connectivity index (χ0n) is 13.9. The lowest BCUT2D eigenvalue weighted by molar-refractivity contribution is -0.138. The van der Waals surface area contributed by atoms with Crippen LogP contribution in [0.4, 0.5) is 0 Å². The standard InChI is InChI=1S/C18H24N2O3S/c21-16-13-24-18(20(16)12-15-6-3-11-23-15)7-9-19(10-8-18)17(22)14-4-1-2-5-14/h3,6,11,14H,1-2,4-5,7-10,12-13H2. The number of piperidine rings is 1. The highest BCUT2D eigenvalue weighted by molar-refractivity contribution is 8.01. The second-order valence-corrected chi connectivity index (χ2v) is 8.44. The number of nitrogens with zero attached hydrogens (tertiary/aromatic N) is 2. The van der Waals surface area contributed by atoms with Gasteiger partial charge in [0, 0.05) is 19.0 Å². The van der Waals surface area contributed by atoms with E-state index in [-0.39, 0.29) is 16.7 Å². The van der Waals surface area contributed by atoms with Crippen molar-refractivity contribution in [3.05, 3.63) is 24.2 Å². The van der Waals surface area contributed by atoms with E-state index in [2.05, 4.69) is 0 Å². The van der Waals surface area contributed by atoms with Gasteiger partial charge in [-0.05, 0) is 37.8 Å². The molecule has 3 aliphatic rings. The largest absolute Gasteiger partial charge is 0.467 e. The van der Waals surface area contributed by atoms with Crippen molar-refractivity contribution in [3.63, 3.8) is 0 Å². The lowest BCUT2D eigenvalue weighted by Gasteiger charge is -2.44. The molecule has 5 nitrogen and oxygen atoms in total. The maximum absolute atomic E-state index is 12.6. The molecule has 3 heterocycles. The number of carbonyl (C=O) groups excluding carboxylic acids is 2. The summed E-state index contributed by atoms with van der Waals surface area (Å²) in [5.41, 5.74) is 0. The van der Waals surface area contributed by atoms with Gasteiger partial charge < -0.3 is 14.2 Å². The Labute approximate surface area is 146 Å². The Morgan fingerprint density at radius 1 is 1.29 bits per heavy atom. The van der Waals surface area contributed by atoms with Gasteiger partial charge in [0.25, 0.3) is 0 Å². The molecular formula is C18H24N2O3S. The Bertz CT molecular complexity index is 602. The summed E-state index contributed by atoms with van der Waals surface area (Å²) >= 11 is 1.75. The van der Waals surface area contributed by atoms with Crippen LogP contribution in [0.2, 0.25) is 0 Å². The zero-order chi connectivity index (χ0) is 16.6. The van der Waals surface area contributed by atoms with Gasteiger partial charge in [-0.3, -0.25) is 9.59 Å². The van der Waals surface area contributed by atoms with E-state index in [1.54, 1.807) is 18.0 Å². The van der Waals surface area contributed by atoms with Gasteiger partial charge in [-0.1, -0.05) is 12.8 Å².